The number of nitrogens with zero attached hydrogens (tertiary/aromatic N) is 1. The quantitative estimate of drug-likeness (QED) is 0.409. The van der Waals surface area contributed by atoms with Crippen molar-refractivity contribution in [2.45, 2.75) is 4.90 Å². The van der Waals surface area contributed by atoms with Crippen LogP contribution in [0.1, 0.15) is 0 Å². The molecule has 62 valence electrons. The lowest BCUT2D eigenvalue weighted by molar-refractivity contribution is -0.385. The topological polar surface area (TPSA) is 43.1 Å². The third kappa shape index (κ3) is 2.10. The SMILES string of the molecule is C=CSc1cccc([N+](=O)[O-])c1. The van der Waals surface area contributed by atoms with Gasteiger partial charge in [0.2, 0.25) is 0 Å². The van der Waals surface area contributed by atoms with Crippen molar-refractivity contribution in [3.05, 3.63) is 46.4 Å². The van der Waals surface area contributed by atoms with Crippen molar-refractivity contribution in [3.63, 3.8) is 0 Å². The van der Waals surface area contributed by atoms with Gasteiger partial charge >= 0.3 is 0 Å². The van der Waals surface area contributed by atoms with Crippen LogP contribution in [-0.2, 0) is 0 Å². The van der Waals surface area contributed by atoms with E-state index in [0.29, 0.717) is 0 Å². The van der Waals surface area contributed by atoms with E-state index >= 15 is 0 Å². The van der Waals surface area contributed by atoms with E-state index < -0.39 is 4.92 Å². The summed E-state index contributed by atoms with van der Waals surface area (Å²) in [4.78, 5) is 10.8. The van der Waals surface area contributed by atoms with Crippen LogP contribution in [0.2, 0.25) is 0 Å². The van der Waals surface area contributed by atoms with Gasteiger partial charge in [0.15, 0.2) is 0 Å². The summed E-state index contributed by atoms with van der Waals surface area (Å²) in [5.74, 6) is 0. The first kappa shape index (κ1) is 8.80. The molecule has 0 aliphatic rings. The Bertz CT molecular complexity index is 312. The summed E-state index contributed by atoms with van der Waals surface area (Å²) in [6, 6.07) is 6.45. The Morgan fingerprint density at radius 2 is 2.33 bits per heavy atom. The predicted molar refractivity (Wildman–Crippen MR) is 49.2 cm³/mol. The van der Waals surface area contributed by atoms with E-state index in [0.717, 1.165) is 4.90 Å². The van der Waals surface area contributed by atoms with Crippen LogP contribution in [0, 0.1) is 10.1 Å². The molecule has 0 bridgehead atoms. The molecule has 0 spiro atoms. The molecule has 0 heterocycles. The first-order valence-corrected chi connectivity index (χ1v) is 4.14. The Balaban J connectivity index is 2.95. The Labute approximate surface area is 74.2 Å². The number of benzene rings is 1. The molecule has 0 fully saturated rings. The number of hydrogen-bond donors (Lipinski definition) is 0. The van der Waals surface area contributed by atoms with Crippen LogP contribution in [0.3, 0.4) is 0 Å². The molecule has 1 rings (SSSR count). The summed E-state index contributed by atoms with van der Waals surface area (Å²) in [6.07, 6.45) is 0. The van der Waals surface area contributed by atoms with E-state index in [9.17, 15) is 10.1 Å². The fraction of sp³-hybridized carbons (Fsp3) is 0. The van der Waals surface area contributed by atoms with Gasteiger partial charge < -0.3 is 0 Å². The lowest BCUT2D eigenvalue weighted by atomic mass is 10.3. The number of nitro benzene ring substituents is 1. The molecule has 0 aliphatic heterocycles. The monoisotopic (exact) mass is 181 g/mol. The van der Waals surface area contributed by atoms with Gasteiger partial charge in [0, 0.05) is 17.0 Å². The third-order valence-corrected chi connectivity index (χ3v) is 1.94. The van der Waals surface area contributed by atoms with Crippen molar-refractivity contribution in [2.75, 3.05) is 0 Å². The average molecular weight is 181 g/mol. The lowest BCUT2D eigenvalue weighted by Gasteiger charge is -1.94. The minimum atomic E-state index is -0.410. The van der Waals surface area contributed by atoms with Crippen LogP contribution >= 0.6 is 11.8 Å². The Morgan fingerprint density at radius 3 is 2.92 bits per heavy atom. The van der Waals surface area contributed by atoms with Crippen LogP contribution in [0.5, 0.6) is 0 Å². The maximum absolute atomic E-state index is 10.3. The number of nitro groups is 1. The fourth-order valence-corrected chi connectivity index (χ4v) is 1.30. The van der Waals surface area contributed by atoms with E-state index in [1.165, 1.54) is 23.9 Å². The van der Waals surface area contributed by atoms with Gasteiger partial charge in [-0.25, -0.2) is 0 Å². The van der Waals surface area contributed by atoms with Crippen molar-refractivity contribution < 1.29 is 4.92 Å². The van der Waals surface area contributed by atoms with Gasteiger partial charge in [-0.15, -0.1) is 0 Å². The third-order valence-electron chi connectivity index (χ3n) is 1.25. The molecule has 12 heavy (non-hydrogen) atoms. The van der Waals surface area contributed by atoms with Crippen molar-refractivity contribution in [1.29, 1.82) is 0 Å². The zero-order chi connectivity index (χ0) is 8.97. The van der Waals surface area contributed by atoms with Crippen LogP contribution in [0.4, 0.5) is 5.69 Å². The minimum Gasteiger partial charge on any atom is -0.258 e. The number of hydrogen-bond acceptors (Lipinski definition) is 3. The maximum Gasteiger partial charge on any atom is 0.270 e. The summed E-state index contributed by atoms with van der Waals surface area (Å²) < 4.78 is 0. The molecular weight excluding hydrogens is 174 g/mol. The highest BCUT2D eigenvalue weighted by atomic mass is 32.2. The maximum atomic E-state index is 10.3. The summed E-state index contributed by atoms with van der Waals surface area (Å²) in [6.45, 7) is 3.52. The summed E-state index contributed by atoms with van der Waals surface area (Å²) in [5, 5.41) is 12.0. The molecule has 1 aromatic carbocycles. The van der Waals surface area contributed by atoms with Gasteiger partial charge in [-0.05, 0) is 11.5 Å². The Hall–Kier alpha value is -1.29. The van der Waals surface area contributed by atoms with Gasteiger partial charge in [0.05, 0.1) is 4.92 Å². The van der Waals surface area contributed by atoms with Crippen LogP contribution in [-0.4, -0.2) is 4.92 Å². The smallest absolute Gasteiger partial charge is 0.258 e. The molecule has 0 unspecified atom stereocenters. The second-order valence-corrected chi connectivity index (χ2v) is 3.08. The molecule has 3 nitrogen and oxygen atoms in total. The molecule has 0 atom stereocenters. The van der Waals surface area contributed by atoms with Gasteiger partial charge in [-0.1, -0.05) is 24.4 Å². The number of rotatable bonds is 3. The van der Waals surface area contributed by atoms with Crippen molar-refractivity contribution in [1.82, 2.24) is 0 Å². The van der Waals surface area contributed by atoms with Crippen molar-refractivity contribution in [2.24, 2.45) is 0 Å². The van der Waals surface area contributed by atoms with Crippen molar-refractivity contribution >= 4 is 17.4 Å². The average Bonchev–Trinajstić information content (AvgIpc) is 2.05. The molecular formula is C8H7NO2S. The second kappa shape index (κ2) is 3.92. The zero-order valence-electron chi connectivity index (χ0n) is 6.27. The van der Waals surface area contributed by atoms with Gasteiger partial charge in [0.25, 0.3) is 5.69 Å². The van der Waals surface area contributed by atoms with Crippen molar-refractivity contribution in [3.8, 4) is 0 Å². The molecule has 0 aliphatic carbocycles. The van der Waals surface area contributed by atoms with E-state index in [-0.39, 0.29) is 5.69 Å². The van der Waals surface area contributed by atoms with Crippen LogP contribution in [0.15, 0.2) is 41.1 Å². The fourth-order valence-electron chi connectivity index (χ4n) is 0.767. The standard InChI is InChI=1S/C8H7NO2S/c1-2-12-8-5-3-4-7(6-8)9(10)11/h2-6H,1H2. The zero-order valence-corrected chi connectivity index (χ0v) is 7.08. The summed E-state index contributed by atoms with van der Waals surface area (Å²) in [7, 11) is 0. The van der Waals surface area contributed by atoms with E-state index in [1.54, 1.807) is 17.5 Å². The van der Waals surface area contributed by atoms with Gasteiger partial charge in [-0.2, -0.15) is 0 Å². The molecule has 0 N–H and O–H groups in total. The summed E-state index contributed by atoms with van der Waals surface area (Å²) in [5.41, 5.74) is 0.113. The molecule has 0 aromatic heterocycles. The second-order valence-electron chi connectivity index (χ2n) is 2.04. The number of thioether (sulfide) groups is 1. The highest BCUT2D eigenvalue weighted by molar-refractivity contribution is 8.02. The minimum absolute atomic E-state index is 0.113. The molecule has 0 radical (unpaired) electrons. The number of non-ortho nitro benzene ring substituents is 1. The molecule has 0 amide bonds. The highest BCUT2D eigenvalue weighted by Gasteiger charge is 2.04. The largest absolute Gasteiger partial charge is 0.270 e. The molecule has 4 heteroatoms. The Morgan fingerprint density at radius 1 is 1.58 bits per heavy atom. The van der Waals surface area contributed by atoms with Gasteiger partial charge in [-0.3, -0.25) is 10.1 Å². The summed E-state index contributed by atoms with van der Waals surface area (Å²) >= 11 is 1.37. The first-order chi connectivity index (χ1) is 5.74. The first-order valence-electron chi connectivity index (χ1n) is 3.26. The molecule has 1 aromatic rings. The Kier molecular flexibility index (Phi) is 2.88. The normalized spacial score (nSPS) is 9.33. The highest BCUT2D eigenvalue weighted by Crippen LogP contribution is 2.22. The molecule has 0 saturated heterocycles. The van der Waals surface area contributed by atoms with Crippen LogP contribution in [0.25, 0.3) is 0 Å². The molecule has 0 saturated carbocycles. The van der Waals surface area contributed by atoms with E-state index in [4.69, 9.17) is 0 Å². The van der Waals surface area contributed by atoms with E-state index in [1.807, 2.05) is 0 Å². The lowest BCUT2D eigenvalue weighted by Crippen LogP contribution is -1.86. The van der Waals surface area contributed by atoms with E-state index in [2.05, 4.69) is 6.58 Å². The predicted octanol–water partition coefficient (Wildman–Crippen LogP) is 2.83. The van der Waals surface area contributed by atoms with Crippen LogP contribution < -0.4 is 0 Å². The van der Waals surface area contributed by atoms with Gasteiger partial charge in [0.1, 0.15) is 0 Å².